The van der Waals surface area contributed by atoms with Gasteiger partial charge in [-0.15, -0.1) is 0 Å². The number of para-hydroxylation sites is 1. The van der Waals surface area contributed by atoms with Crippen LogP contribution in [0, 0.1) is 11.3 Å². The highest BCUT2D eigenvalue weighted by Gasteiger charge is 2.18. The van der Waals surface area contributed by atoms with Crippen LogP contribution in [0.2, 0.25) is 0 Å². The van der Waals surface area contributed by atoms with E-state index in [0.717, 1.165) is 40.9 Å². The van der Waals surface area contributed by atoms with E-state index in [1.807, 2.05) is 65.5 Å². The summed E-state index contributed by atoms with van der Waals surface area (Å²) < 4.78 is 12.8. The molecular weight excluding hydrogens is 410 g/mol. The molecule has 1 aliphatic heterocycles. The van der Waals surface area contributed by atoms with Gasteiger partial charge < -0.3 is 9.47 Å². The lowest BCUT2D eigenvalue weighted by Gasteiger charge is -2.05. The molecule has 1 aromatic heterocycles. The second-order valence-electron chi connectivity index (χ2n) is 8.29. The van der Waals surface area contributed by atoms with E-state index in [9.17, 15) is 5.26 Å². The van der Waals surface area contributed by atoms with Gasteiger partial charge in [-0.25, -0.2) is 4.68 Å². The topological polar surface area (TPSA) is 60.1 Å². The highest BCUT2D eigenvalue weighted by Crippen LogP contribution is 2.36. The minimum atomic E-state index is 0.205. The number of benzene rings is 3. The normalized spacial score (nSPS) is 14.2. The fraction of sp³-hybridized carbons (Fsp3) is 0.143. The summed E-state index contributed by atoms with van der Waals surface area (Å²) >= 11 is 0. The SMILES string of the molecule is N#C/C(=C\c1cn(-c2ccccc2)nc1-c1ccc2c(c1)CCC2)c1ccc2c(c1)OCO2. The van der Waals surface area contributed by atoms with E-state index in [1.165, 1.54) is 17.5 Å². The molecule has 2 heterocycles. The van der Waals surface area contributed by atoms with Crippen molar-refractivity contribution in [3.8, 4) is 34.5 Å². The predicted molar refractivity (Wildman–Crippen MR) is 127 cm³/mol. The lowest BCUT2D eigenvalue weighted by atomic mass is 9.99. The number of nitriles is 1. The fourth-order valence-electron chi connectivity index (χ4n) is 4.55. The fourth-order valence-corrected chi connectivity index (χ4v) is 4.55. The Bertz CT molecular complexity index is 1430. The number of allylic oxidation sites excluding steroid dienone is 1. The van der Waals surface area contributed by atoms with E-state index in [2.05, 4.69) is 24.3 Å². The van der Waals surface area contributed by atoms with Crippen LogP contribution in [-0.4, -0.2) is 16.6 Å². The summed E-state index contributed by atoms with van der Waals surface area (Å²) in [7, 11) is 0. The minimum absolute atomic E-state index is 0.205. The van der Waals surface area contributed by atoms with Crippen molar-refractivity contribution in [3.05, 3.63) is 95.2 Å². The van der Waals surface area contributed by atoms with Crippen molar-refractivity contribution in [2.45, 2.75) is 19.3 Å². The number of fused-ring (bicyclic) bond motifs is 2. The van der Waals surface area contributed by atoms with E-state index >= 15 is 0 Å². The molecule has 5 nitrogen and oxygen atoms in total. The monoisotopic (exact) mass is 431 g/mol. The average Bonchev–Trinajstić information content (AvgIpc) is 3.61. The van der Waals surface area contributed by atoms with Gasteiger partial charge in [0.25, 0.3) is 0 Å². The molecule has 0 amide bonds. The van der Waals surface area contributed by atoms with Crippen LogP contribution >= 0.6 is 0 Å². The Morgan fingerprint density at radius 3 is 2.67 bits per heavy atom. The van der Waals surface area contributed by atoms with Crippen LogP contribution in [0.25, 0.3) is 28.6 Å². The third kappa shape index (κ3) is 3.56. The molecule has 0 radical (unpaired) electrons. The van der Waals surface area contributed by atoms with E-state index in [-0.39, 0.29) is 6.79 Å². The number of hydrogen-bond donors (Lipinski definition) is 0. The average molecular weight is 431 g/mol. The molecule has 2 aliphatic rings. The zero-order valence-electron chi connectivity index (χ0n) is 18.0. The van der Waals surface area contributed by atoms with Gasteiger partial charge in [0.1, 0.15) is 5.69 Å². The molecule has 0 saturated heterocycles. The smallest absolute Gasteiger partial charge is 0.231 e. The number of ether oxygens (including phenoxy) is 2. The Balaban J connectivity index is 1.48. The van der Waals surface area contributed by atoms with E-state index in [1.54, 1.807) is 0 Å². The quantitative estimate of drug-likeness (QED) is 0.382. The van der Waals surface area contributed by atoms with Crippen LogP contribution in [0.5, 0.6) is 11.5 Å². The van der Waals surface area contributed by atoms with Gasteiger partial charge >= 0.3 is 0 Å². The molecule has 0 saturated carbocycles. The molecule has 0 fully saturated rings. The predicted octanol–water partition coefficient (Wildman–Crippen LogP) is 5.82. The number of rotatable bonds is 4. The van der Waals surface area contributed by atoms with Crippen molar-refractivity contribution in [2.24, 2.45) is 0 Å². The molecule has 33 heavy (non-hydrogen) atoms. The van der Waals surface area contributed by atoms with Gasteiger partial charge in [-0.3, -0.25) is 0 Å². The zero-order valence-corrected chi connectivity index (χ0v) is 18.0. The summed E-state index contributed by atoms with van der Waals surface area (Å²) in [6, 6.07) is 24.6. The van der Waals surface area contributed by atoms with Crippen LogP contribution in [0.4, 0.5) is 0 Å². The molecule has 0 atom stereocenters. The van der Waals surface area contributed by atoms with Crippen molar-refractivity contribution in [3.63, 3.8) is 0 Å². The van der Waals surface area contributed by atoms with Crippen LogP contribution in [0.3, 0.4) is 0 Å². The molecule has 0 spiro atoms. The molecule has 5 heteroatoms. The third-order valence-electron chi connectivity index (χ3n) is 6.24. The van der Waals surface area contributed by atoms with Gasteiger partial charge in [0.2, 0.25) is 6.79 Å². The summed E-state index contributed by atoms with van der Waals surface area (Å²) in [5.41, 5.74) is 7.95. The Kier molecular flexibility index (Phi) is 4.70. The summed E-state index contributed by atoms with van der Waals surface area (Å²) in [6.45, 7) is 0.205. The van der Waals surface area contributed by atoms with Gasteiger partial charge in [-0.2, -0.15) is 10.4 Å². The molecule has 0 unspecified atom stereocenters. The summed E-state index contributed by atoms with van der Waals surface area (Å²) in [5, 5.41) is 14.9. The maximum absolute atomic E-state index is 9.98. The third-order valence-corrected chi connectivity index (χ3v) is 6.24. The van der Waals surface area contributed by atoms with Crippen LogP contribution in [0.15, 0.2) is 72.9 Å². The Morgan fingerprint density at radius 1 is 0.939 bits per heavy atom. The highest BCUT2D eigenvalue weighted by atomic mass is 16.7. The van der Waals surface area contributed by atoms with Crippen molar-refractivity contribution in [1.82, 2.24) is 9.78 Å². The molecule has 4 aromatic rings. The van der Waals surface area contributed by atoms with Crippen LogP contribution in [0.1, 0.15) is 28.7 Å². The van der Waals surface area contributed by atoms with Crippen molar-refractivity contribution in [2.75, 3.05) is 6.79 Å². The number of aryl methyl sites for hydroxylation is 2. The van der Waals surface area contributed by atoms with Gasteiger partial charge in [0.15, 0.2) is 11.5 Å². The maximum Gasteiger partial charge on any atom is 0.231 e. The molecule has 3 aromatic carbocycles. The molecule has 6 rings (SSSR count). The Morgan fingerprint density at radius 2 is 1.79 bits per heavy atom. The number of nitrogens with zero attached hydrogens (tertiary/aromatic N) is 3. The van der Waals surface area contributed by atoms with Gasteiger partial charge in [0, 0.05) is 17.3 Å². The standard InChI is InChI=1S/C28H21N3O2/c29-16-23(21-11-12-26-27(15-21)33-18-32-26)14-24-17-31(25-7-2-1-3-8-25)30-28(24)22-10-9-19-5-4-6-20(19)13-22/h1-3,7-15,17H,4-6,18H2/b23-14+. The van der Waals surface area contributed by atoms with Crippen molar-refractivity contribution < 1.29 is 9.47 Å². The molecule has 0 bridgehead atoms. The van der Waals surface area contributed by atoms with Crippen LogP contribution in [-0.2, 0) is 12.8 Å². The summed E-state index contributed by atoms with van der Waals surface area (Å²) in [6.07, 6.45) is 7.35. The first-order valence-electron chi connectivity index (χ1n) is 11.1. The van der Waals surface area contributed by atoms with Crippen molar-refractivity contribution in [1.29, 1.82) is 5.26 Å². The number of aromatic nitrogens is 2. The molecular formula is C28H21N3O2. The molecule has 1 aliphatic carbocycles. The first-order valence-corrected chi connectivity index (χ1v) is 11.1. The lowest BCUT2D eigenvalue weighted by molar-refractivity contribution is 0.174. The van der Waals surface area contributed by atoms with E-state index in [0.29, 0.717) is 17.1 Å². The maximum atomic E-state index is 9.98. The summed E-state index contributed by atoms with van der Waals surface area (Å²) in [5.74, 6) is 1.36. The van der Waals surface area contributed by atoms with Gasteiger partial charge in [0.05, 0.1) is 17.3 Å². The lowest BCUT2D eigenvalue weighted by Crippen LogP contribution is -1.94. The van der Waals surface area contributed by atoms with E-state index < -0.39 is 0 Å². The second kappa shape index (κ2) is 7.99. The summed E-state index contributed by atoms with van der Waals surface area (Å²) in [4.78, 5) is 0. The van der Waals surface area contributed by atoms with Crippen molar-refractivity contribution >= 4 is 11.6 Å². The second-order valence-corrected chi connectivity index (χ2v) is 8.29. The first-order chi connectivity index (χ1) is 16.3. The Labute approximate surface area is 192 Å². The minimum Gasteiger partial charge on any atom is -0.454 e. The first kappa shape index (κ1) is 19.4. The zero-order chi connectivity index (χ0) is 22.2. The Hall–Kier alpha value is -4.30. The van der Waals surface area contributed by atoms with Crippen LogP contribution < -0.4 is 9.47 Å². The molecule has 0 N–H and O–H groups in total. The largest absolute Gasteiger partial charge is 0.454 e. The number of hydrogen-bond acceptors (Lipinski definition) is 4. The van der Waals surface area contributed by atoms with Gasteiger partial charge in [-0.05, 0) is 78.4 Å². The highest BCUT2D eigenvalue weighted by molar-refractivity contribution is 5.93. The van der Waals surface area contributed by atoms with E-state index in [4.69, 9.17) is 14.6 Å². The molecule has 160 valence electrons. The van der Waals surface area contributed by atoms with Gasteiger partial charge in [-0.1, -0.05) is 30.3 Å².